The molecule has 0 amide bonds. The molecule has 0 spiro atoms. The molecule has 1 saturated heterocycles. The predicted octanol–water partition coefficient (Wildman–Crippen LogP) is 3.05. The van der Waals surface area contributed by atoms with Crippen molar-refractivity contribution in [3.63, 3.8) is 0 Å². The van der Waals surface area contributed by atoms with E-state index in [1.54, 1.807) is 0 Å². The zero-order valence-electron chi connectivity index (χ0n) is 16.5. The molecule has 1 heterocycles. The lowest BCUT2D eigenvalue weighted by molar-refractivity contribution is -0.143. The first-order chi connectivity index (χ1) is 13.4. The molecule has 1 aromatic rings. The second kappa shape index (κ2) is 12.8. The van der Waals surface area contributed by atoms with Gasteiger partial charge in [0.25, 0.3) is 0 Å². The van der Waals surface area contributed by atoms with Gasteiger partial charge in [0.05, 0.1) is 6.54 Å². The number of terminal acetylenes is 1. The van der Waals surface area contributed by atoms with Crippen LogP contribution in [0.4, 0.5) is 13.2 Å². The molecule has 162 valence electrons. The molecule has 1 unspecified atom stereocenters. The van der Waals surface area contributed by atoms with Gasteiger partial charge >= 0.3 is 6.18 Å². The highest BCUT2D eigenvalue weighted by Gasteiger charge is 2.34. The third-order valence-corrected chi connectivity index (χ3v) is 4.28. The highest BCUT2D eigenvalue weighted by atomic mass is 127. The van der Waals surface area contributed by atoms with Crippen LogP contribution in [-0.2, 0) is 6.42 Å². The Bertz CT molecular complexity index is 674. The van der Waals surface area contributed by atoms with Crippen molar-refractivity contribution in [2.45, 2.75) is 32.0 Å². The number of halogens is 4. The van der Waals surface area contributed by atoms with E-state index in [0.29, 0.717) is 38.6 Å². The molecule has 1 aliphatic rings. The zero-order chi connectivity index (χ0) is 20.4. The van der Waals surface area contributed by atoms with Gasteiger partial charge in [0.15, 0.2) is 5.96 Å². The van der Waals surface area contributed by atoms with Gasteiger partial charge in [-0.3, -0.25) is 9.89 Å². The van der Waals surface area contributed by atoms with E-state index in [1.165, 1.54) is 4.90 Å². The average Bonchev–Trinajstić information content (AvgIpc) is 3.06. The minimum atomic E-state index is -4.16. The summed E-state index contributed by atoms with van der Waals surface area (Å²) in [6.07, 6.45) is 2.42. The molecule has 0 bridgehead atoms. The van der Waals surface area contributed by atoms with Crippen molar-refractivity contribution in [1.29, 1.82) is 0 Å². The molecular formula is C20H28F3IN4O. The van der Waals surface area contributed by atoms with Crippen LogP contribution in [0.1, 0.15) is 18.9 Å². The maximum absolute atomic E-state index is 12.5. The summed E-state index contributed by atoms with van der Waals surface area (Å²) in [5.41, 5.74) is 1.12. The molecule has 1 atom stereocenters. The first kappa shape index (κ1) is 25.4. The fourth-order valence-corrected chi connectivity index (χ4v) is 3.04. The third kappa shape index (κ3) is 10.1. The molecular weight excluding hydrogens is 496 g/mol. The van der Waals surface area contributed by atoms with Crippen LogP contribution in [0, 0.1) is 12.3 Å². The van der Waals surface area contributed by atoms with E-state index in [-0.39, 0.29) is 36.6 Å². The minimum Gasteiger partial charge on any atom is -0.481 e. The van der Waals surface area contributed by atoms with Crippen molar-refractivity contribution in [1.82, 2.24) is 15.5 Å². The number of likely N-dealkylation sites (tertiary alicyclic amines) is 1. The Kier molecular flexibility index (Phi) is 11.2. The van der Waals surface area contributed by atoms with Crippen LogP contribution in [0.5, 0.6) is 5.75 Å². The lowest BCUT2D eigenvalue weighted by Crippen LogP contribution is -2.45. The molecule has 0 radical (unpaired) electrons. The molecule has 9 heteroatoms. The summed E-state index contributed by atoms with van der Waals surface area (Å²) in [7, 11) is 0. The molecule has 0 aromatic heterocycles. The monoisotopic (exact) mass is 524 g/mol. The van der Waals surface area contributed by atoms with Gasteiger partial charge in [-0.15, -0.1) is 30.4 Å². The first-order valence-electron chi connectivity index (χ1n) is 9.38. The smallest absolute Gasteiger partial charge is 0.401 e. The van der Waals surface area contributed by atoms with E-state index >= 15 is 0 Å². The van der Waals surface area contributed by atoms with Crippen molar-refractivity contribution >= 4 is 29.9 Å². The topological polar surface area (TPSA) is 48.9 Å². The fourth-order valence-electron chi connectivity index (χ4n) is 3.04. The Morgan fingerprint density at radius 3 is 2.69 bits per heavy atom. The van der Waals surface area contributed by atoms with Gasteiger partial charge in [0.1, 0.15) is 12.4 Å². The highest BCUT2D eigenvalue weighted by Crippen LogP contribution is 2.20. The largest absolute Gasteiger partial charge is 0.481 e. The zero-order valence-corrected chi connectivity index (χ0v) is 18.8. The van der Waals surface area contributed by atoms with Gasteiger partial charge < -0.3 is 15.4 Å². The molecule has 0 saturated carbocycles. The van der Waals surface area contributed by atoms with Crippen molar-refractivity contribution < 1.29 is 17.9 Å². The van der Waals surface area contributed by atoms with Crippen LogP contribution in [0.2, 0.25) is 0 Å². The van der Waals surface area contributed by atoms with Crippen LogP contribution in [-0.4, -0.2) is 62.4 Å². The number of nitrogens with one attached hydrogen (secondary N) is 2. The van der Waals surface area contributed by atoms with Gasteiger partial charge in [0, 0.05) is 32.2 Å². The Morgan fingerprint density at radius 2 is 2.07 bits per heavy atom. The van der Waals surface area contributed by atoms with Crippen LogP contribution in [0.3, 0.4) is 0 Å². The second-order valence-corrected chi connectivity index (χ2v) is 6.63. The standard InChI is InChI=1S/C20H27F3N4O.HI/c1-3-13-28-18-7-5-16(6-8-18)9-11-25-19(24-4-2)26-17-10-12-27(14-17)15-20(21,22)23;/h1,5-8,17H,4,9-15H2,2H3,(H2,24,25,26);1H. The highest BCUT2D eigenvalue weighted by molar-refractivity contribution is 14.0. The molecule has 29 heavy (non-hydrogen) atoms. The summed E-state index contributed by atoms with van der Waals surface area (Å²) < 4.78 is 42.9. The Labute approximate surface area is 187 Å². The lowest BCUT2D eigenvalue weighted by Gasteiger charge is -2.19. The van der Waals surface area contributed by atoms with Gasteiger partial charge in [0.2, 0.25) is 0 Å². The third-order valence-electron chi connectivity index (χ3n) is 4.28. The number of alkyl halides is 3. The number of nitrogens with zero attached hydrogens (tertiary/aromatic N) is 2. The summed E-state index contributed by atoms with van der Waals surface area (Å²) in [6, 6.07) is 7.63. The van der Waals surface area contributed by atoms with E-state index in [4.69, 9.17) is 11.2 Å². The number of aliphatic imine (C=N–C) groups is 1. The van der Waals surface area contributed by atoms with Crippen molar-refractivity contribution in [2.24, 2.45) is 4.99 Å². The van der Waals surface area contributed by atoms with E-state index in [0.717, 1.165) is 17.7 Å². The maximum atomic E-state index is 12.5. The summed E-state index contributed by atoms with van der Waals surface area (Å²) in [4.78, 5) is 5.96. The lowest BCUT2D eigenvalue weighted by atomic mass is 10.1. The van der Waals surface area contributed by atoms with Crippen molar-refractivity contribution in [3.05, 3.63) is 29.8 Å². The number of guanidine groups is 1. The molecule has 2 N–H and O–H groups in total. The van der Waals surface area contributed by atoms with E-state index in [9.17, 15) is 13.2 Å². The predicted molar refractivity (Wildman–Crippen MR) is 120 cm³/mol. The van der Waals surface area contributed by atoms with E-state index < -0.39 is 12.7 Å². The van der Waals surface area contributed by atoms with Gasteiger partial charge in [-0.1, -0.05) is 18.1 Å². The maximum Gasteiger partial charge on any atom is 0.401 e. The normalized spacial score (nSPS) is 17.3. The van der Waals surface area contributed by atoms with E-state index in [2.05, 4.69) is 21.5 Å². The molecule has 0 aliphatic carbocycles. The number of ether oxygens (including phenoxy) is 1. The van der Waals surface area contributed by atoms with Crippen LogP contribution >= 0.6 is 24.0 Å². The number of rotatable bonds is 8. The molecule has 5 nitrogen and oxygen atoms in total. The van der Waals surface area contributed by atoms with Gasteiger partial charge in [-0.25, -0.2) is 0 Å². The minimum absolute atomic E-state index is 0. The molecule has 1 aromatic carbocycles. The molecule has 2 rings (SSSR count). The number of benzene rings is 1. The summed E-state index contributed by atoms with van der Waals surface area (Å²) in [5.74, 6) is 3.78. The molecule has 1 fully saturated rings. The second-order valence-electron chi connectivity index (χ2n) is 6.63. The van der Waals surface area contributed by atoms with Gasteiger partial charge in [-0.05, 0) is 37.5 Å². The SMILES string of the molecule is C#CCOc1ccc(CCN=C(NCC)NC2CCN(CC(F)(F)F)C2)cc1.I. The summed E-state index contributed by atoms with van der Waals surface area (Å²) in [5, 5.41) is 6.39. The van der Waals surface area contributed by atoms with Crippen LogP contribution in [0.15, 0.2) is 29.3 Å². The van der Waals surface area contributed by atoms with Crippen molar-refractivity contribution in [2.75, 3.05) is 39.3 Å². The first-order valence-corrected chi connectivity index (χ1v) is 9.38. The average molecular weight is 524 g/mol. The van der Waals surface area contributed by atoms with Crippen LogP contribution < -0.4 is 15.4 Å². The Hall–Kier alpha value is -1.67. The van der Waals surface area contributed by atoms with Gasteiger partial charge in [-0.2, -0.15) is 13.2 Å². The van der Waals surface area contributed by atoms with Crippen LogP contribution in [0.25, 0.3) is 0 Å². The number of hydrogen-bond acceptors (Lipinski definition) is 3. The Morgan fingerprint density at radius 1 is 1.34 bits per heavy atom. The van der Waals surface area contributed by atoms with Crippen molar-refractivity contribution in [3.8, 4) is 18.1 Å². The molecule has 1 aliphatic heterocycles. The summed E-state index contributed by atoms with van der Waals surface area (Å²) >= 11 is 0. The number of hydrogen-bond donors (Lipinski definition) is 2. The Balaban J connectivity index is 0.00000420. The summed E-state index contributed by atoms with van der Waals surface area (Å²) in [6.45, 7) is 3.39. The quantitative estimate of drug-likeness (QED) is 0.238. The fraction of sp³-hybridized carbons (Fsp3) is 0.550. The van der Waals surface area contributed by atoms with E-state index in [1.807, 2.05) is 31.2 Å².